The third-order valence-electron chi connectivity index (χ3n) is 3.83. The summed E-state index contributed by atoms with van der Waals surface area (Å²) >= 11 is 7.33. The van der Waals surface area contributed by atoms with Crippen LogP contribution in [-0.2, 0) is 14.8 Å². The normalized spacial score (nSPS) is 12.5. The summed E-state index contributed by atoms with van der Waals surface area (Å²) < 4.78 is 47.0. The molecule has 1 heterocycles. The van der Waals surface area contributed by atoms with E-state index in [4.69, 9.17) is 16.3 Å². The van der Waals surface area contributed by atoms with Gasteiger partial charge in [0.2, 0.25) is 0 Å². The lowest BCUT2D eigenvalue weighted by molar-refractivity contribution is 0.186. The van der Waals surface area contributed by atoms with E-state index < -0.39 is 20.7 Å². The summed E-state index contributed by atoms with van der Waals surface area (Å²) in [4.78, 5) is 3.28. The maximum atomic E-state index is 14.6. The number of halogens is 2. The number of nitrogens with zero attached hydrogens (tertiary/aromatic N) is 1. The number of hydrogen-bond donors (Lipinski definition) is 2. The lowest BCUT2D eigenvalue weighted by atomic mass is 10.1. The summed E-state index contributed by atoms with van der Waals surface area (Å²) in [7, 11) is -2.60. The fourth-order valence-corrected chi connectivity index (χ4v) is 4.71. The van der Waals surface area contributed by atoms with Crippen molar-refractivity contribution in [2.45, 2.75) is 10.9 Å². The number of methoxy groups -OCH3 is 1. The van der Waals surface area contributed by atoms with E-state index in [1.807, 2.05) is 30.3 Å². The first-order chi connectivity index (χ1) is 13.4. The van der Waals surface area contributed by atoms with Gasteiger partial charge in [-0.15, -0.1) is 11.3 Å². The second-order valence-electron chi connectivity index (χ2n) is 5.77. The first-order valence-electron chi connectivity index (χ1n) is 8.12. The summed E-state index contributed by atoms with van der Waals surface area (Å²) in [6.07, 6.45) is 1.44. The van der Waals surface area contributed by atoms with Gasteiger partial charge in [0.05, 0.1) is 23.4 Å². The van der Waals surface area contributed by atoms with Crippen LogP contribution in [0, 0.1) is 5.82 Å². The van der Waals surface area contributed by atoms with Crippen LogP contribution in [0.4, 0.5) is 15.2 Å². The molecule has 0 fully saturated rings. The van der Waals surface area contributed by atoms with Gasteiger partial charge in [-0.1, -0.05) is 41.9 Å². The highest BCUT2D eigenvalue weighted by Crippen LogP contribution is 2.32. The summed E-state index contributed by atoms with van der Waals surface area (Å²) in [6.45, 7) is 0.313. The van der Waals surface area contributed by atoms with Crippen molar-refractivity contribution in [2.24, 2.45) is 0 Å². The van der Waals surface area contributed by atoms with Crippen LogP contribution in [-0.4, -0.2) is 27.1 Å². The van der Waals surface area contributed by atoms with E-state index in [0.29, 0.717) is 6.61 Å². The molecule has 6 nitrogen and oxygen atoms in total. The molecule has 1 aromatic heterocycles. The quantitative estimate of drug-likeness (QED) is 0.536. The Balaban J connectivity index is 1.89. The molecule has 3 rings (SSSR count). The Hall–Kier alpha value is -2.20. The van der Waals surface area contributed by atoms with Crippen LogP contribution in [0.1, 0.15) is 11.6 Å². The van der Waals surface area contributed by atoms with Crippen molar-refractivity contribution >= 4 is 43.8 Å². The SMILES string of the molecule is COC[C@@H](Nc1cc(F)c(S(=O)(=O)Nc2nccs2)cc1Cl)c1ccccc1. The van der Waals surface area contributed by atoms with Crippen LogP contribution >= 0.6 is 22.9 Å². The highest BCUT2D eigenvalue weighted by Gasteiger charge is 2.23. The van der Waals surface area contributed by atoms with Crippen LogP contribution in [0.2, 0.25) is 5.02 Å². The standard InChI is InChI=1S/C18H17ClFN3O3S2/c1-26-11-16(12-5-3-2-4-6-12)22-15-10-14(20)17(9-13(15)19)28(24,25)23-18-21-7-8-27-18/h2-10,16,22H,11H2,1H3,(H,21,23)/t16-/m1/s1. The molecule has 1 atom stereocenters. The molecule has 0 aliphatic carbocycles. The van der Waals surface area contributed by atoms with Crippen LogP contribution in [0.3, 0.4) is 0 Å². The third-order valence-corrected chi connectivity index (χ3v) is 6.31. The van der Waals surface area contributed by atoms with Gasteiger partial charge in [0, 0.05) is 18.7 Å². The van der Waals surface area contributed by atoms with Crippen molar-refractivity contribution < 1.29 is 17.5 Å². The predicted molar refractivity (Wildman–Crippen MR) is 109 cm³/mol. The zero-order chi connectivity index (χ0) is 20.1. The van der Waals surface area contributed by atoms with E-state index in [9.17, 15) is 12.8 Å². The largest absolute Gasteiger partial charge is 0.382 e. The second-order valence-corrected chi connectivity index (χ2v) is 8.72. The molecular formula is C18H17ClFN3O3S2. The minimum atomic E-state index is -4.16. The number of ether oxygens (including phenoxy) is 1. The Morgan fingerprint density at radius 3 is 2.68 bits per heavy atom. The first-order valence-corrected chi connectivity index (χ1v) is 10.9. The molecule has 0 radical (unpaired) electrons. The molecule has 0 bridgehead atoms. The molecule has 10 heteroatoms. The average molecular weight is 442 g/mol. The number of hydrogen-bond acceptors (Lipinski definition) is 6. The molecule has 3 aromatic rings. The van der Waals surface area contributed by atoms with Crippen LogP contribution in [0.15, 0.2) is 58.9 Å². The molecule has 0 saturated carbocycles. The summed E-state index contributed by atoms with van der Waals surface area (Å²) in [6, 6.07) is 11.3. The van der Waals surface area contributed by atoms with Gasteiger partial charge in [-0.3, -0.25) is 4.72 Å². The van der Waals surface area contributed by atoms with E-state index in [1.54, 1.807) is 12.5 Å². The number of sulfonamides is 1. The lowest BCUT2D eigenvalue weighted by Crippen LogP contribution is -2.18. The molecule has 148 valence electrons. The Labute approximate surface area is 171 Å². The zero-order valence-electron chi connectivity index (χ0n) is 14.7. The molecule has 0 aliphatic rings. The van der Waals surface area contributed by atoms with Crippen molar-refractivity contribution in [1.29, 1.82) is 0 Å². The number of rotatable bonds is 8. The summed E-state index contributed by atoms with van der Waals surface area (Å²) in [5.74, 6) is -0.930. The Bertz CT molecular complexity index is 1030. The highest BCUT2D eigenvalue weighted by atomic mass is 35.5. The van der Waals surface area contributed by atoms with Crippen LogP contribution in [0.25, 0.3) is 0 Å². The fraction of sp³-hybridized carbons (Fsp3) is 0.167. The molecule has 2 N–H and O–H groups in total. The Morgan fingerprint density at radius 2 is 2.04 bits per heavy atom. The molecule has 0 unspecified atom stereocenters. The van der Waals surface area contributed by atoms with Crippen molar-refractivity contribution in [3.05, 3.63) is 70.4 Å². The zero-order valence-corrected chi connectivity index (χ0v) is 17.1. The number of anilines is 2. The van der Waals surface area contributed by atoms with Crippen molar-refractivity contribution in [3.63, 3.8) is 0 Å². The highest BCUT2D eigenvalue weighted by molar-refractivity contribution is 7.93. The average Bonchev–Trinajstić information content (AvgIpc) is 3.16. The van der Waals surface area contributed by atoms with Gasteiger partial charge < -0.3 is 10.1 Å². The van der Waals surface area contributed by atoms with Gasteiger partial charge in [0.25, 0.3) is 10.0 Å². The molecule has 0 aliphatic heterocycles. The summed E-state index contributed by atoms with van der Waals surface area (Å²) in [5, 5.41) is 4.92. The first kappa shape index (κ1) is 20.5. The van der Waals surface area contributed by atoms with Crippen LogP contribution in [0.5, 0.6) is 0 Å². The number of nitrogens with one attached hydrogen (secondary N) is 2. The number of thiazole rings is 1. The van der Waals surface area contributed by atoms with E-state index in [2.05, 4.69) is 15.0 Å². The van der Waals surface area contributed by atoms with E-state index >= 15 is 0 Å². The Morgan fingerprint density at radius 1 is 1.29 bits per heavy atom. The molecule has 2 aromatic carbocycles. The summed E-state index contributed by atoms with van der Waals surface area (Å²) in [5.41, 5.74) is 1.18. The number of aromatic nitrogens is 1. The van der Waals surface area contributed by atoms with E-state index in [-0.39, 0.29) is 21.9 Å². The maximum absolute atomic E-state index is 14.6. The second kappa shape index (κ2) is 8.87. The maximum Gasteiger partial charge on any atom is 0.266 e. The molecular weight excluding hydrogens is 425 g/mol. The van der Waals surface area contributed by atoms with Gasteiger partial charge in [-0.25, -0.2) is 17.8 Å². The minimum absolute atomic E-state index is 0.0675. The third kappa shape index (κ3) is 4.79. The monoisotopic (exact) mass is 441 g/mol. The molecule has 28 heavy (non-hydrogen) atoms. The smallest absolute Gasteiger partial charge is 0.266 e. The number of benzene rings is 2. The lowest BCUT2D eigenvalue weighted by Gasteiger charge is -2.21. The molecule has 0 spiro atoms. The topological polar surface area (TPSA) is 80.3 Å². The molecule has 0 amide bonds. The van der Waals surface area contributed by atoms with E-state index in [1.165, 1.54) is 6.20 Å². The van der Waals surface area contributed by atoms with Gasteiger partial charge in [-0.2, -0.15) is 0 Å². The molecule has 0 saturated heterocycles. The van der Waals surface area contributed by atoms with E-state index in [0.717, 1.165) is 29.0 Å². The van der Waals surface area contributed by atoms with Gasteiger partial charge in [0.15, 0.2) is 5.13 Å². The van der Waals surface area contributed by atoms with Crippen molar-refractivity contribution in [2.75, 3.05) is 23.8 Å². The van der Waals surface area contributed by atoms with Gasteiger partial charge in [0.1, 0.15) is 10.7 Å². The fourth-order valence-electron chi connectivity index (χ4n) is 2.55. The predicted octanol–water partition coefficient (Wildman–Crippen LogP) is 4.54. The van der Waals surface area contributed by atoms with Crippen molar-refractivity contribution in [1.82, 2.24) is 4.98 Å². The van der Waals surface area contributed by atoms with Crippen molar-refractivity contribution in [3.8, 4) is 0 Å². The van der Waals surface area contributed by atoms with Crippen LogP contribution < -0.4 is 10.0 Å². The van der Waals surface area contributed by atoms with Gasteiger partial charge >= 0.3 is 0 Å². The van der Waals surface area contributed by atoms with Gasteiger partial charge in [-0.05, 0) is 17.7 Å². The minimum Gasteiger partial charge on any atom is -0.382 e. The Kier molecular flexibility index (Phi) is 6.50.